The standard InChI is InChI=1S/C42H90NO3Si/c1-8-10-12-14-16-18-20-22-23-24-26-28-30-32-34-36-39-42(43(3,4)40-37-41-47(44-5,45-6)46-7)38-35-33-31-29-27-25-21-19-17-15-13-11-9-2/h42H,8-41H2,1-7H3/q+1. The Kier molecular flexibility index (Phi) is 34.5. The first-order valence-electron chi connectivity index (χ1n) is 21.4. The molecule has 0 N–H and O–H groups in total. The molecule has 0 heterocycles. The zero-order chi connectivity index (χ0) is 34.7. The summed E-state index contributed by atoms with van der Waals surface area (Å²) < 4.78 is 18.3. The number of unbranched alkanes of at least 4 members (excludes halogenated alkanes) is 27. The van der Waals surface area contributed by atoms with E-state index in [2.05, 4.69) is 27.9 Å². The molecule has 0 saturated heterocycles. The molecule has 0 bridgehead atoms. The molecule has 0 spiro atoms. The van der Waals surface area contributed by atoms with E-state index in [1.165, 1.54) is 206 Å². The van der Waals surface area contributed by atoms with Crippen molar-refractivity contribution in [3.05, 3.63) is 0 Å². The summed E-state index contributed by atoms with van der Waals surface area (Å²) in [4.78, 5) is 0. The maximum Gasteiger partial charge on any atom is 0.500 e. The van der Waals surface area contributed by atoms with Crippen LogP contribution in [0.25, 0.3) is 0 Å². The Bertz CT molecular complexity index is 604. The maximum atomic E-state index is 5.72. The molecule has 0 radical (unpaired) electrons. The molecule has 0 aromatic carbocycles. The molecule has 0 rings (SSSR count). The molecule has 47 heavy (non-hydrogen) atoms. The van der Waals surface area contributed by atoms with Crippen LogP contribution in [-0.2, 0) is 13.3 Å². The molecule has 0 saturated carbocycles. The molecule has 0 amide bonds. The van der Waals surface area contributed by atoms with Crippen LogP contribution < -0.4 is 0 Å². The van der Waals surface area contributed by atoms with E-state index >= 15 is 0 Å². The van der Waals surface area contributed by atoms with Gasteiger partial charge in [-0.25, -0.2) is 0 Å². The normalized spacial score (nSPS) is 13.1. The van der Waals surface area contributed by atoms with Gasteiger partial charge < -0.3 is 17.8 Å². The number of rotatable bonds is 39. The Labute approximate surface area is 299 Å². The van der Waals surface area contributed by atoms with E-state index in [0.717, 1.165) is 23.0 Å². The molecular weight excluding hydrogens is 595 g/mol. The van der Waals surface area contributed by atoms with Gasteiger partial charge in [0.25, 0.3) is 0 Å². The van der Waals surface area contributed by atoms with Crippen molar-refractivity contribution in [1.82, 2.24) is 0 Å². The van der Waals surface area contributed by atoms with Gasteiger partial charge in [0.1, 0.15) is 0 Å². The van der Waals surface area contributed by atoms with Crippen LogP contribution in [0, 0.1) is 0 Å². The van der Waals surface area contributed by atoms with Gasteiger partial charge in [0.15, 0.2) is 0 Å². The van der Waals surface area contributed by atoms with Crippen molar-refractivity contribution in [2.45, 2.75) is 231 Å². The summed E-state index contributed by atoms with van der Waals surface area (Å²) >= 11 is 0. The lowest BCUT2D eigenvalue weighted by Gasteiger charge is -2.39. The fraction of sp³-hybridized carbons (Fsp3) is 1.00. The van der Waals surface area contributed by atoms with Crippen molar-refractivity contribution in [2.24, 2.45) is 0 Å². The molecule has 0 aliphatic heterocycles. The van der Waals surface area contributed by atoms with E-state index in [1.54, 1.807) is 21.3 Å². The van der Waals surface area contributed by atoms with Crippen LogP contribution in [-0.4, -0.2) is 61.3 Å². The topological polar surface area (TPSA) is 27.7 Å². The molecule has 0 aliphatic rings. The van der Waals surface area contributed by atoms with Crippen molar-refractivity contribution in [2.75, 3.05) is 42.0 Å². The number of quaternary nitrogens is 1. The van der Waals surface area contributed by atoms with Crippen LogP contribution >= 0.6 is 0 Å². The first kappa shape index (κ1) is 47.1. The average Bonchev–Trinajstić information content (AvgIpc) is 3.07. The summed E-state index contributed by atoms with van der Waals surface area (Å²) in [6.07, 6.45) is 45.6. The van der Waals surface area contributed by atoms with Gasteiger partial charge >= 0.3 is 8.80 Å². The van der Waals surface area contributed by atoms with E-state index in [-0.39, 0.29) is 0 Å². The summed E-state index contributed by atoms with van der Waals surface area (Å²) in [5.74, 6) is 0. The van der Waals surface area contributed by atoms with E-state index in [9.17, 15) is 0 Å². The molecule has 284 valence electrons. The molecule has 0 aromatic heterocycles. The largest absolute Gasteiger partial charge is 0.500 e. The number of nitrogens with zero attached hydrogens (tertiary/aromatic N) is 1. The zero-order valence-corrected chi connectivity index (χ0v) is 34.8. The second kappa shape index (κ2) is 34.5. The highest BCUT2D eigenvalue weighted by Gasteiger charge is 2.38. The van der Waals surface area contributed by atoms with Crippen molar-refractivity contribution in [3.8, 4) is 0 Å². The highest BCUT2D eigenvalue weighted by molar-refractivity contribution is 6.60. The van der Waals surface area contributed by atoms with Crippen molar-refractivity contribution >= 4 is 8.80 Å². The summed E-state index contributed by atoms with van der Waals surface area (Å²) in [6, 6.07) is 1.67. The Morgan fingerprint density at radius 1 is 0.383 bits per heavy atom. The third-order valence-corrected chi connectivity index (χ3v) is 14.0. The third-order valence-electron chi connectivity index (χ3n) is 11.2. The molecule has 5 heteroatoms. The first-order valence-corrected chi connectivity index (χ1v) is 23.3. The third kappa shape index (κ3) is 28.4. The highest BCUT2D eigenvalue weighted by Crippen LogP contribution is 2.25. The minimum absolute atomic E-state index is 0.762. The van der Waals surface area contributed by atoms with Gasteiger partial charge in [-0.3, -0.25) is 0 Å². The van der Waals surface area contributed by atoms with Crippen LogP contribution in [0.2, 0.25) is 6.04 Å². The second-order valence-electron chi connectivity index (χ2n) is 15.7. The van der Waals surface area contributed by atoms with E-state index in [4.69, 9.17) is 13.3 Å². The second-order valence-corrected chi connectivity index (χ2v) is 18.8. The molecule has 0 aliphatic carbocycles. The monoisotopic (exact) mass is 685 g/mol. The lowest BCUT2D eigenvalue weighted by molar-refractivity contribution is -0.916. The molecular formula is C42H90NO3Si+. The van der Waals surface area contributed by atoms with Gasteiger partial charge in [-0.15, -0.1) is 0 Å². The molecule has 4 nitrogen and oxygen atoms in total. The minimum atomic E-state index is -2.49. The fourth-order valence-corrected chi connectivity index (χ4v) is 9.31. The SMILES string of the molecule is CCCCCCCCCCCCCCCCCCC(CCCCCCCCCCCCCCC)[N+](C)(C)CCC[Si](OC)(OC)OC. The Morgan fingerprint density at radius 3 is 0.894 bits per heavy atom. The summed E-state index contributed by atoms with van der Waals surface area (Å²) in [5, 5.41) is 0. The van der Waals surface area contributed by atoms with Crippen LogP contribution in [0.15, 0.2) is 0 Å². The minimum Gasteiger partial charge on any atom is -0.377 e. The van der Waals surface area contributed by atoms with Crippen LogP contribution in [0.1, 0.15) is 219 Å². The summed E-state index contributed by atoms with van der Waals surface area (Å²) in [5.41, 5.74) is 0. The predicted octanol–water partition coefficient (Wildman–Crippen LogP) is 13.8. The smallest absolute Gasteiger partial charge is 0.377 e. The quantitative estimate of drug-likeness (QED) is 0.0366. The van der Waals surface area contributed by atoms with Crippen LogP contribution in [0.5, 0.6) is 0 Å². The van der Waals surface area contributed by atoms with Crippen LogP contribution in [0.4, 0.5) is 0 Å². The number of hydrogen-bond acceptors (Lipinski definition) is 3. The lowest BCUT2D eigenvalue weighted by Crippen LogP contribution is -2.50. The van der Waals surface area contributed by atoms with E-state index < -0.39 is 8.80 Å². The Morgan fingerprint density at radius 2 is 0.638 bits per heavy atom. The van der Waals surface area contributed by atoms with Crippen LogP contribution in [0.3, 0.4) is 0 Å². The average molecular weight is 685 g/mol. The summed E-state index contributed by atoms with van der Waals surface area (Å²) in [6.45, 7) is 5.79. The molecule has 0 fully saturated rings. The fourth-order valence-electron chi connectivity index (χ4n) is 7.61. The Hall–Kier alpha value is 0.0569. The zero-order valence-electron chi connectivity index (χ0n) is 33.8. The number of hydrogen-bond donors (Lipinski definition) is 0. The van der Waals surface area contributed by atoms with Crippen molar-refractivity contribution < 1.29 is 17.8 Å². The Balaban J connectivity index is 4.29. The van der Waals surface area contributed by atoms with Crippen molar-refractivity contribution in [1.29, 1.82) is 0 Å². The predicted molar refractivity (Wildman–Crippen MR) is 211 cm³/mol. The molecule has 0 aromatic rings. The van der Waals surface area contributed by atoms with Crippen molar-refractivity contribution in [3.63, 3.8) is 0 Å². The van der Waals surface area contributed by atoms with E-state index in [1.807, 2.05) is 0 Å². The van der Waals surface area contributed by atoms with Gasteiger partial charge in [-0.1, -0.05) is 187 Å². The highest BCUT2D eigenvalue weighted by atomic mass is 28.4. The summed E-state index contributed by atoms with van der Waals surface area (Å²) in [7, 11) is 7.71. The molecule has 1 unspecified atom stereocenters. The van der Waals surface area contributed by atoms with Gasteiger partial charge in [0.05, 0.1) is 26.7 Å². The first-order chi connectivity index (χ1) is 22.9. The van der Waals surface area contributed by atoms with Gasteiger partial charge in [-0.05, 0) is 25.7 Å². The maximum absolute atomic E-state index is 5.72. The van der Waals surface area contributed by atoms with Gasteiger partial charge in [0, 0.05) is 33.8 Å². The lowest BCUT2D eigenvalue weighted by atomic mass is 9.97. The van der Waals surface area contributed by atoms with Gasteiger partial charge in [0.2, 0.25) is 0 Å². The molecule has 1 atom stereocenters. The van der Waals surface area contributed by atoms with E-state index in [0.29, 0.717) is 0 Å². The van der Waals surface area contributed by atoms with Gasteiger partial charge in [-0.2, -0.15) is 0 Å².